The molecule has 0 radical (unpaired) electrons. The van der Waals surface area contributed by atoms with Crippen molar-refractivity contribution in [1.29, 1.82) is 0 Å². The number of nitrogens with zero attached hydrogens (tertiary/aromatic N) is 1. The summed E-state index contributed by atoms with van der Waals surface area (Å²) in [4.78, 5) is 14.9. The second-order valence-electron chi connectivity index (χ2n) is 7.77. The van der Waals surface area contributed by atoms with Crippen LogP contribution in [0.3, 0.4) is 0 Å². The van der Waals surface area contributed by atoms with Gasteiger partial charge < -0.3 is 10.4 Å². The molecule has 1 aliphatic heterocycles. The molecule has 0 unspecified atom stereocenters. The summed E-state index contributed by atoms with van der Waals surface area (Å²) in [6.45, 7) is 2.36. The maximum absolute atomic E-state index is 14.0. The lowest BCUT2D eigenvalue weighted by atomic mass is 10.1. The van der Waals surface area contributed by atoms with E-state index in [1.54, 1.807) is 0 Å². The van der Waals surface area contributed by atoms with E-state index in [2.05, 4.69) is 10.2 Å². The maximum Gasteiger partial charge on any atom is 0.228 e. The normalized spacial score (nSPS) is 22.8. The van der Waals surface area contributed by atoms with E-state index in [4.69, 9.17) is 0 Å². The molecule has 0 bridgehead atoms. The number of aliphatic hydroxyl groups excluding tert-OH is 1. The van der Waals surface area contributed by atoms with Gasteiger partial charge in [-0.25, -0.2) is 8.78 Å². The Morgan fingerprint density at radius 2 is 1.89 bits per heavy atom. The quantitative estimate of drug-likeness (QED) is 0.825. The summed E-state index contributed by atoms with van der Waals surface area (Å²) in [5, 5.41) is 12.6. The lowest BCUT2D eigenvalue weighted by molar-refractivity contribution is -0.117. The Morgan fingerprint density at radius 3 is 2.68 bits per heavy atom. The van der Waals surface area contributed by atoms with Crippen LogP contribution in [0.2, 0.25) is 0 Å². The zero-order chi connectivity index (χ0) is 19.7. The van der Waals surface area contributed by atoms with Crippen molar-refractivity contribution in [3.8, 4) is 0 Å². The standard InChI is InChI=1S/C22H24F2N2O2/c23-15-5-6-20(24)18(11-15)17-12-19(17)22(28)25-21-4-2-1-3-14(21)13-26-9-7-16(27)8-10-26/h1-6,11,16-17,19,27H,7-10,12-13H2,(H,25,28)/t17-,19+/m0/s1. The van der Waals surface area contributed by atoms with Crippen molar-refractivity contribution in [3.05, 3.63) is 65.2 Å². The lowest BCUT2D eigenvalue weighted by Gasteiger charge is -2.30. The van der Waals surface area contributed by atoms with Gasteiger partial charge >= 0.3 is 0 Å². The highest BCUT2D eigenvalue weighted by molar-refractivity contribution is 5.95. The number of benzene rings is 2. The van der Waals surface area contributed by atoms with Gasteiger partial charge in [-0.05, 0) is 60.6 Å². The van der Waals surface area contributed by atoms with Gasteiger partial charge in [-0.1, -0.05) is 18.2 Å². The number of anilines is 1. The molecule has 1 amide bonds. The second-order valence-corrected chi connectivity index (χ2v) is 7.77. The molecule has 1 aliphatic carbocycles. The lowest BCUT2D eigenvalue weighted by Crippen LogP contribution is -2.35. The van der Waals surface area contributed by atoms with Gasteiger partial charge in [-0.2, -0.15) is 0 Å². The number of hydrogen-bond donors (Lipinski definition) is 2. The van der Waals surface area contributed by atoms with Crippen molar-refractivity contribution in [2.75, 3.05) is 18.4 Å². The van der Waals surface area contributed by atoms with Crippen LogP contribution in [-0.2, 0) is 11.3 Å². The van der Waals surface area contributed by atoms with Crippen LogP contribution < -0.4 is 5.32 Å². The van der Waals surface area contributed by atoms with Crippen molar-refractivity contribution >= 4 is 11.6 Å². The predicted molar refractivity (Wildman–Crippen MR) is 103 cm³/mol. The average molecular weight is 386 g/mol. The fraction of sp³-hybridized carbons (Fsp3) is 0.409. The first-order chi connectivity index (χ1) is 13.5. The van der Waals surface area contributed by atoms with E-state index < -0.39 is 11.6 Å². The topological polar surface area (TPSA) is 52.6 Å². The third-order valence-corrected chi connectivity index (χ3v) is 5.71. The molecule has 2 aliphatic rings. The van der Waals surface area contributed by atoms with Crippen LogP contribution in [0.4, 0.5) is 14.5 Å². The first-order valence-corrected chi connectivity index (χ1v) is 9.75. The molecule has 2 N–H and O–H groups in total. The molecule has 0 aromatic heterocycles. The van der Waals surface area contributed by atoms with E-state index in [0.717, 1.165) is 49.3 Å². The van der Waals surface area contributed by atoms with Crippen LogP contribution in [0.5, 0.6) is 0 Å². The first-order valence-electron chi connectivity index (χ1n) is 9.75. The molecule has 2 aromatic carbocycles. The number of carbonyl (C=O) groups excluding carboxylic acids is 1. The molecule has 28 heavy (non-hydrogen) atoms. The molecule has 2 aromatic rings. The summed E-state index contributed by atoms with van der Waals surface area (Å²) >= 11 is 0. The van der Waals surface area contributed by atoms with Gasteiger partial charge in [0.2, 0.25) is 5.91 Å². The largest absolute Gasteiger partial charge is 0.393 e. The summed E-state index contributed by atoms with van der Waals surface area (Å²) in [6, 6.07) is 11.0. The van der Waals surface area contributed by atoms with Gasteiger partial charge in [-0.15, -0.1) is 0 Å². The number of nitrogens with one attached hydrogen (secondary N) is 1. The molecular weight excluding hydrogens is 362 g/mol. The fourth-order valence-corrected chi connectivity index (χ4v) is 3.95. The molecule has 1 heterocycles. The Balaban J connectivity index is 1.41. The van der Waals surface area contributed by atoms with Crippen LogP contribution in [-0.4, -0.2) is 35.1 Å². The number of para-hydroxylation sites is 1. The molecule has 0 spiro atoms. The van der Waals surface area contributed by atoms with Crippen LogP contribution in [0, 0.1) is 17.6 Å². The molecule has 2 fully saturated rings. The summed E-state index contributed by atoms with van der Waals surface area (Å²) in [5.41, 5.74) is 2.05. The van der Waals surface area contributed by atoms with E-state index in [1.807, 2.05) is 24.3 Å². The number of rotatable bonds is 5. The number of hydrogen-bond acceptors (Lipinski definition) is 3. The van der Waals surface area contributed by atoms with Crippen molar-refractivity contribution in [3.63, 3.8) is 0 Å². The smallest absolute Gasteiger partial charge is 0.228 e. The highest BCUT2D eigenvalue weighted by atomic mass is 19.1. The summed E-state index contributed by atoms with van der Waals surface area (Å²) in [7, 11) is 0. The van der Waals surface area contributed by atoms with Crippen LogP contribution >= 0.6 is 0 Å². The molecule has 148 valence electrons. The predicted octanol–water partition coefficient (Wildman–Crippen LogP) is 3.66. The number of carbonyl (C=O) groups is 1. The van der Waals surface area contributed by atoms with E-state index in [1.165, 1.54) is 6.07 Å². The molecule has 1 saturated carbocycles. The minimum Gasteiger partial charge on any atom is -0.393 e. The monoisotopic (exact) mass is 386 g/mol. The summed E-state index contributed by atoms with van der Waals surface area (Å²) < 4.78 is 27.4. The number of piperidine rings is 1. The Labute approximate surface area is 163 Å². The Hall–Kier alpha value is -2.31. The zero-order valence-electron chi connectivity index (χ0n) is 15.6. The summed E-state index contributed by atoms with van der Waals surface area (Å²) in [5.74, 6) is -1.72. The van der Waals surface area contributed by atoms with Gasteiger partial charge in [0.15, 0.2) is 0 Å². The SMILES string of the molecule is O=C(Nc1ccccc1CN1CCC(O)CC1)[C@@H]1C[C@H]1c1cc(F)ccc1F. The molecule has 6 heteroatoms. The first kappa shape index (κ1) is 19.0. The maximum atomic E-state index is 14.0. The summed E-state index contributed by atoms with van der Waals surface area (Å²) in [6.07, 6.45) is 1.83. The average Bonchev–Trinajstić information content (AvgIpc) is 3.48. The molecule has 4 rings (SSSR count). The van der Waals surface area contributed by atoms with Crippen molar-refractivity contribution in [2.24, 2.45) is 5.92 Å². The minimum atomic E-state index is -0.487. The Morgan fingerprint density at radius 1 is 1.14 bits per heavy atom. The van der Waals surface area contributed by atoms with Crippen LogP contribution in [0.25, 0.3) is 0 Å². The Bertz CT molecular complexity index is 865. The Kier molecular flexibility index (Phi) is 5.42. The van der Waals surface area contributed by atoms with Gasteiger partial charge in [0, 0.05) is 31.2 Å². The highest BCUT2D eigenvalue weighted by Gasteiger charge is 2.45. The highest BCUT2D eigenvalue weighted by Crippen LogP contribution is 2.49. The van der Waals surface area contributed by atoms with Crippen LogP contribution in [0.15, 0.2) is 42.5 Å². The van der Waals surface area contributed by atoms with Crippen molar-refractivity contribution in [2.45, 2.75) is 37.8 Å². The second kappa shape index (κ2) is 7.97. The van der Waals surface area contributed by atoms with Gasteiger partial charge in [0.05, 0.1) is 6.10 Å². The van der Waals surface area contributed by atoms with Crippen molar-refractivity contribution in [1.82, 2.24) is 4.90 Å². The van der Waals surface area contributed by atoms with Crippen LogP contribution in [0.1, 0.15) is 36.3 Å². The third kappa shape index (κ3) is 4.23. The fourth-order valence-electron chi connectivity index (χ4n) is 3.95. The number of aliphatic hydroxyl groups is 1. The molecular formula is C22H24F2N2O2. The number of likely N-dealkylation sites (tertiary alicyclic amines) is 1. The van der Waals surface area contributed by atoms with E-state index in [0.29, 0.717) is 13.0 Å². The van der Waals surface area contributed by atoms with E-state index >= 15 is 0 Å². The third-order valence-electron chi connectivity index (χ3n) is 5.71. The minimum absolute atomic E-state index is 0.157. The zero-order valence-corrected chi connectivity index (χ0v) is 15.6. The van der Waals surface area contributed by atoms with Crippen molar-refractivity contribution < 1.29 is 18.7 Å². The number of halogens is 2. The molecule has 2 atom stereocenters. The van der Waals surface area contributed by atoms with Gasteiger partial charge in [0.1, 0.15) is 11.6 Å². The van der Waals surface area contributed by atoms with E-state index in [-0.39, 0.29) is 29.4 Å². The number of amides is 1. The molecule has 4 nitrogen and oxygen atoms in total. The molecule has 1 saturated heterocycles. The van der Waals surface area contributed by atoms with Gasteiger partial charge in [0.25, 0.3) is 0 Å². The van der Waals surface area contributed by atoms with E-state index in [9.17, 15) is 18.7 Å². The van der Waals surface area contributed by atoms with Gasteiger partial charge in [-0.3, -0.25) is 9.69 Å².